The third-order valence-corrected chi connectivity index (χ3v) is 7.94. The molecule has 3 aromatic carbocycles. The number of nitrogens with one attached hydrogen (secondary N) is 1. The number of amides is 2. The zero-order chi connectivity index (χ0) is 27.9. The van der Waals surface area contributed by atoms with Gasteiger partial charge < -0.3 is 10.2 Å². The Morgan fingerprint density at radius 1 is 0.947 bits per heavy atom. The van der Waals surface area contributed by atoms with Crippen LogP contribution in [0.4, 0.5) is 10.1 Å². The van der Waals surface area contributed by atoms with Gasteiger partial charge in [-0.05, 0) is 69.2 Å². The van der Waals surface area contributed by atoms with Crippen molar-refractivity contribution in [3.63, 3.8) is 0 Å². The number of halogens is 1. The van der Waals surface area contributed by atoms with E-state index >= 15 is 0 Å². The normalized spacial score (nSPS) is 12.0. The van der Waals surface area contributed by atoms with Crippen molar-refractivity contribution in [3.05, 3.63) is 95.3 Å². The predicted molar refractivity (Wildman–Crippen MR) is 147 cm³/mol. The number of nitrogens with zero attached hydrogens (tertiary/aromatic N) is 2. The lowest BCUT2D eigenvalue weighted by Crippen LogP contribution is -2.51. The Labute approximate surface area is 224 Å². The van der Waals surface area contributed by atoms with Crippen LogP contribution in [-0.2, 0) is 26.2 Å². The maximum Gasteiger partial charge on any atom is 0.264 e. The van der Waals surface area contributed by atoms with Crippen molar-refractivity contribution in [2.45, 2.75) is 51.6 Å². The molecule has 0 saturated heterocycles. The standard InChI is InChI=1S/C29H34FN3O4S/c1-5-17-31-29(35)23(4)32(19-24-8-6-7-22(3)18-24)28(34)20-33(26-13-9-21(2)10-14-26)38(36,37)27-15-11-25(30)12-16-27/h6-16,18,23H,5,17,19-20H2,1-4H3,(H,31,35)/t23-/m0/s1. The zero-order valence-electron chi connectivity index (χ0n) is 22.1. The van der Waals surface area contributed by atoms with Gasteiger partial charge in [-0.15, -0.1) is 0 Å². The molecule has 0 spiro atoms. The SMILES string of the molecule is CCCNC(=O)[C@H](C)N(Cc1cccc(C)c1)C(=O)CN(c1ccc(C)cc1)S(=O)(=O)c1ccc(F)cc1. The molecular formula is C29H34FN3O4S. The smallest absolute Gasteiger partial charge is 0.264 e. The van der Waals surface area contributed by atoms with E-state index in [-0.39, 0.29) is 23.0 Å². The van der Waals surface area contributed by atoms with Gasteiger partial charge in [0, 0.05) is 13.1 Å². The fourth-order valence-electron chi connectivity index (χ4n) is 3.96. The van der Waals surface area contributed by atoms with Gasteiger partial charge in [0.2, 0.25) is 11.8 Å². The van der Waals surface area contributed by atoms with Crippen molar-refractivity contribution >= 4 is 27.5 Å². The molecule has 1 atom stereocenters. The van der Waals surface area contributed by atoms with Crippen molar-refractivity contribution < 1.29 is 22.4 Å². The molecule has 0 aromatic heterocycles. The summed E-state index contributed by atoms with van der Waals surface area (Å²) >= 11 is 0. The molecule has 0 bridgehead atoms. The first-order valence-corrected chi connectivity index (χ1v) is 13.9. The van der Waals surface area contributed by atoms with E-state index in [2.05, 4.69) is 5.32 Å². The van der Waals surface area contributed by atoms with Crippen LogP contribution in [0.2, 0.25) is 0 Å². The molecule has 0 heterocycles. The highest BCUT2D eigenvalue weighted by molar-refractivity contribution is 7.92. The molecule has 0 radical (unpaired) electrons. The second kappa shape index (κ2) is 12.7. The molecule has 0 saturated carbocycles. The third-order valence-electron chi connectivity index (χ3n) is 6.15. The average Bonchev–Trinajstić information content (AvgIpc) is 2.89. The number of anilines is 1. The van der Waals surface area contributed by atoms with Gasteiger partial charge in [-0.2, -0.15) is 0 Å². The molecule has 0 aliphatic rings. The maximum absolute atomic E-state index is 13.8. The van der Waals surface area contributed by atoms with Gasteiger partial charge in [-0.3, -0.25) is 13.9 Å². The Balaban J connectivity index is 2.01. The number of aryl methyl sites for hydroxylation is 2. The van der Waals surface area contributed by atoms with Crippen molar-refractivity contribution in [1.29, 1.82) is 0 Å². The largest absolute Gasteiger partial charge is 0.354 e. The first-order chi connectivity index (χ1) is 18.0. The number of benzene rings is 3. The lowest BCUT2D eigenvalue weighted by atomic mass is 10.1. The third kappa shape index (κ3) is 7.19. The molecule has 1 N–H and O–H groups in total. The summed E-state index contributed by atoms with van der Waals surface area (Å²) in [5.74, 6) is -1.44. The number of hydrogen-bond donors (Lipinski definition) is 1. The van der Waals surface area contributed by atoms with Crippen molar-refractivity contribution in [2.24, 2.45) is 0 Å². The van der Waals surface area contributed by atoms with Gasteiger partial charge in [-0.1, -0.05) is 54.4 Å². The molecular weight excluding hydrogens is 505 g/mol. The summed E-state index contributed by atoms with van der Waals surface area (Å²) in [5.41, 5.74) is 3.02. The summed E-state index contributed by atoms with van der Waals surface area (Å²) in [6.45, 7) is 7.41. The van der Waals surface area contributed by atoms with Crippen LogP contribution in [0.25, 0.3) is 0 Å². The molecule has 0 aliphatic heterocycles. The number of sulfonamides is 1. The Bertz CT molecular complexity index is 1360. The van der Waals surface area contributed by atoms with Crippen LogP contribution in [0.3, 0.4) is 0 Å². The first-order valence-electron chi connectivity index (χ1n) is 12.5. The molecule has 0 fully saturated rings. The topological polar surface area (TPSA) is 86.8 Å². The summed E-state index contributed by atoms with van der Waals surface area (Å²) in [5, 5.41) is 2.82. The van der Waals surface area contributed by atoms with Crippen LogP contribution in [0, 0.1) is 19.7 Å². The number of hydrogen-bond acceptors (Lipinski definition) is 4. The van der Waals surface area contributed by atoms with Gasteiger partial charge in [0.1, 0.15) is 18.4 Å². The Hall–Kier alpha value is -3.72. The fourth-order valence-corrected chi connectivity index (χ4v) is 5.37. The minimum atomic E-state index is -4.23. The molecule has 3 rings (SSSR count). The van der Waals surface area contributed by atoms with Crippen molar-refractivity contribution in [1.82, 2.24) is 10.2 Å². The fraction of sp³-hybridized carbons (Fsp3) is 0.310. The summed E-state index contributed by atoms with van der Waals surface area (Å²) < 4.78 is 41.9. The molecule has 0 unspecified atom stereocenters. The number of rotatable bonds is 11. The lowest BCUT2D eigenvalue weighted by Gasteiger charge is -2.32. The minimum absolute atomic E-state index is 0.125. The molecule has 0 aliphatic carbocycles. The van der Waals surface area contributed by atoms with Crippen LogP contribution >= 0.6 is 0 Å². The molecule has 7 nitrogen and oxygen atoms in total. The van der Waals surface area contributed by atoms with E-state index in [1.807, 2.05) is 45.0 Å². The van der Waals surface area contributed by atoms with Crippen molar-refractivity contribution in [2.75, 3.05) is 17.4 Å². The maximum atomic E-state index is 13.8. The average molecular weight is 540 g/mol. The summed E-state index contributed by atoms with van der Waals surface area (Å²) in [4.78, 5) is 27.9. The number of carbonyl (C=O) groups is 2. The Morgan fingerprint density at radius 3 is 2.21 bits per heavy atom. The highest BCUT2D eigenvalue weighted by Gasteiger charge is 2.32. The summed E-state index contributed by atoms with van der Waals surface area (Å²) in [6.07, 6.45) is 0.738. The molecule has 38 heavy (non-hydrogen) atoms. The zero-order valence-corrected chi connectivity index (χ0v) is 23.0. The van der Waals surface area contributed by atoms with Crippen LogP contribution in [0.15, 0.2) is 77.7 Å². The summed E-state index contributed by atoms with van der Waals surface area (Å²) in [7, 11) is -4.23. The van der Waals surface area contributed by atoms with E-state index in [0.717, 1.165) is 39.5 Å². The number of carbonyl (C=O) groups excluding carboxylic acids is 2. The van der Waals surface area contributed by atoms with Crippen LogP contribution in [0.5, 0.6) is 0 Å². The van der Waals surface area contributed by atoms with E-state index in [1.165, 1.54) is 17.0 Å². The van der Waals surface area contributed by atoms with Gasteiger partial charge >= 0.3 is 0 Å². The lowest BCUT2D eigenvalue weighted by molar-refractivity contribution is -0.139. The minimum Gasteiger partial charge on any atom is -0.354 e. The van der Waals surface area contributed by atoms with E-state index in [4.69, 9.17) is 0 Å². The van der Waals surface area contributed by atoms with Crippen molar-refractivity contribution in [3.8, 4) is 0 Å². The van der Waals surface area contributed by atoms with E-state index in [1.54, 1.807) is 31.2 Å². The van der Waals surface area contributed by atoms with E-state index in [9.17, 15) is 22.4 Å². The molecule has 202 valence electrons. The van der Waals surface area contributed by atoms with Gasteiger partial charge in [-0.25, -0.2) is 12.8 Å². The first kappa shape index (κ1) is 28.8. The monoisotopic (exact) mass is 539 g/mol. The second-order valence-corrected chi connectivity index (χ2v) is 11.1. The van der Waals surface area contributed by atoms with E-state index < -0.39 is 34.3 Å². The Morgan fingerprint density at radius 2 is 1.61 bits per heavy atom. The highest BCUT2D eigenvalue weighted by Crippen LogP contribution is 2.25. The van der Waals surface area contributed by atoms with Gasteiger partial charge in [0.15, 0.2) is 0 Å². The quantitative estimate of drug-likeness (QED) is 0.387. The second-order valence-electron chi connectivity index (χ2n) is 9.28. The predicted octanol–water partition coefficient (Wildman–Crippen LogP) is 4.58. The van der Waals surface area contributed by atoms with Gasteiger partial charge in [0.05, 0.1) is 10.6 Å². The van der Waals surface area contributed by atoms with Crippen LogP contribution in [-0.4, -0.2) is 44.3 Å². The molecule has 9 heteroatoms. The van der Waals surface area contributed by atoms with E-state index in [0.29, 0.717) is 6.54 Å². The summed E-state index contributed by atoms with van der Waals surface area (Å²) in [6, 6.07) is 17.9. The van der Waals surface area contributed by atoms with Gasteiger partial charge in [0.25, 0.3) is 10.0 Å². The van der Waals surface area contributed by atoms with Crippen LogP contribution in [0.1, 0.15) is 37.0 Å². The Kier molecular flexibility index (Phi) is 9.63. The molecule has 2 amide bonds. The van der Waals surface area contributed by atoms with Crippen LogP contribution < -0.4 is 9.62 Å². The highest BCUT2D eigenvalue weighted by atomic mass is 32.2. The molecule has 3 aromatic rings.